The first-order valence-electron chi connectivity index (χ1n) is 6.57. The molecule has 1 aromatic carbocycles. The second-order valence-corrected chi connectivity index (χ2v) is 6.79. The van der Waals surface area contributed by atoms with Crippen LogP contribution in [0.2, 0.25) is 0 Å². The van der Waals surface area contributed by atoms with Crippen LogP contribution in [0.5, 0.6) is 0 Å². The van der Waals surface area contributed by atoms with Crippen molar-refractivity contribution in [1.82, 2.24) is 14.5 Å². The SMILES string of the molecule is CS(=O)(=O)N1CCN(C(=O)N[C@@H](C(=O)[O-])c2ccccc2)C1=O.[Na+]. The number of imide groups is 1. The van der Waals surface area contributed by atoms with Crippen LogP contribution in [-0.2, 0) is 14.8 Å². The number of hydrogen-bond acceptors (Lipinski definition) is 6. The van der Waals surface area contributed by atoms with E-state index in [0.717, 1.165) is 6.26 Å². The summed E-state index contributed by atoms with van der Waals surface area (Å²) in [7, 11) is -3.78. The fourth-order valence-electron chi connectivity index (χ4n) is 2.14. The largest absolute Gasteiger partial charge is 1.00 e. The van der Waals surface area contributed by atoms with Crippen molar-refractivity contribution in [2.45, 2.75) is 6.04 Å². The second kappa shape index (κ2) is 7.97. The van der Waals surface area contributed by atoms with Crippen molar-refractivity contribution in [2.75, 3.05) is 19.3 Å². The first kappa shape index (κ1) is 20.4. The van der Waals surface area contributed by atoms with Gasteiger partial charge in [-0.05, 0) is 5.56 Å². The van der Waals surface area contributed by atoms with Gasteiger partial charge in [-0.1, -0.05) is 30.3 Å². The molecule has 1 aliphatic heterocycles. The monoisotopic (exact) mass is 363 g/mol. The van der Waals surface area contributed by atoms with Gasteiger partial charge in [0.25, 0.3) is 0 Å². The Kier molecular flexibility index (Phi) is 6.78. The number of nitrogens with one attached hydrogen (secondary N) is 1. The number of carbonyl (C=O) groups is 3. The maximum Gasteiger partial charge on any atom is 1.00 e. The molecule has 124 valence electrons. The van der Waals surface area contributed by atoms with Crippen LogP contribution >= 0.6 is 0 Å². The van der Waals surface area contributed by atoms with Crippen LogP contribution in [0.25, 0.3) is 0 Å². The van der Waals surface area contributed by atoms with E-state index in [1.807, 2.05) is 0 Å². The maximum atomic E-state index is 12.1. The summed E-state index contributed by atoms with van der Waals surface area (Å²) in [6, 6.07) is 4.34. The molecule has 0 radical (unpaired) electrons. The average molecular weight is 363 g/mol. The molecule has 9 nitrogen and oxygen atoms in total. The normalized spacial score (nSPS) is 15.6. The molecule has 1 N–H and O–H groups in total. The fraction of sp³-hybridized carbons (Fsp3) is 0.308. The Hall–Kier alpha value is -1.62. The topological polar surface area (TPSA) is 127 Å². The number of carboxylic acid groups (broad SMARTS) is 1. The van der Waals surface area contributed by atoms with Crippen molar-refractivity contribution in [3.63, 3.8) is 0 Å². The Morgan fingerprint density at radius 3 is 2.25 bits per heavy atom. The third-order valence-corrected chi connectivity index (χ3v) is 4.39. The molecule has 1 fully saturated rings. The molecular weight excluding hydrogens is 349 g/mol. The van der Waals surface area contributed by atoms with Crippen molar-refractivity contribution < 1.29 is 57.5 Å². The molecule has 2 rings (SSSR count). The van der Waals surface area contributed by atoms with Gasteiger partial charge in [-0.3, -0.25) is 0 Å². The molecule has 0 spiro atoms. The van der Waals surface area contributed by atoms with Crippen LogP contribution in [-0.4, -0.2) is 55.0 Å². The minimum atomic E-state index is -3.78. The van der Waals surface area contributed by atoms with Crippen LogP contribution < -0.4 is 40.0 Å². The van der Waals surface area contributed by atoms with E-state index >= 15 is 0 Å². The minimum Gasteiger partial charge on any atom is -0.548 e. The van der Waals surface area contributed by atoms with Gasteiger partial charge in [-0.2, -0.15) is 0 Å². The summed E-state index contributed by atoms with van der Waals surface area (Å²) in [6.07, 6.45) is 0.847. The Morgan fingerprint density at radius 1 is 1.21 bits per heavy atom. The molecule has 0 unspecified atom stereocenters. The van der Waals surface area contributed by atoms with E-state index in [1.54, 1.807) is 18.2 Å². The predicted octanol–water partition coefficient (Wildman–Crippen LogP) is -4.11. The van der Waals surface area contributed by atoms with E-state index in [4.69, 9.17) is 0 Å². The molecule has 4 amide bonds. The standard InChI is InChI=1S/C13H15N3O6S.Na/c1-23(21,22)16-8-7-15(13(16)20)12(19)14-10(11(17)18)9-5-3-2-4-6-9;/h2-6,10H,7-8H2,1H3,(H,14,19)(H,17,18);/q;+1/p-1/t10-;/m1./s1. The number of urea groups is 2. The van der Waals surface area contributed by atoms with Gasteiger partial charge in [0.2, 0.25) is 10.0 Å². The van der Waals surface area contributed by atoms with Gasteiger partial charge in [-0.15, -0.1) is 0 Å². The van der Waals surface area contributed by atoms with E-state index < -0.39 is 34.1 Å². The summed E-state index contributed by atoms with van der Waals surface area (Å²) in [6.45, 7) is -0.335. The summed E-state index contributed by atoms with van der Waals surface area (Å²) in [5.41, 5.74) is 0.271. The Balaban J connectivity index is 0.00000288. The van der Waals surface area contributed by atoms with Crippen LogP contribution in [0.15, 0.2) is 30.3 Å². The Morgan fingerprint density at radius 2 is 1.79 bits per heavy atom. The van der Waals surface area contributed by atoms with Crippen LogP contribution in [0.1, 0.15) is 11.6 Å². The van der Waals surface area contributed by atoms with Gasteiger partial charge in [0.05, 0.1) is 31.4 Å². The third-order valence-electron chi connectivity index (χ3n) is 3.25. The van der Waals surface area contributed by atoms with E-state index in [1.165, 1.54) is 12.1 Å². The van der Waals surface area contributed by atoms with Gasteiger partial charge in [0.15, 0.2) is 0 Å². The number of carbonyl (C=O) groups excluding carboxylic acids is 3. The molecule has 11 heteroatoms. The average Bonchev–Trinajstić information content (AvgIpc) is 2.87. The first-order chi connectivity index (χ1) is 10.7. The third kappa shape index (κ3) is 4.47. The molecule has 1 atom stereocenters. The van der Waals surface area contributed by atoms with Gasteiger partial charge in [-0.25, -0.2) is 27.2 Å². The summed E-state index contributed by atoms with van der Waals surface area (Å²) < 4.78 is 23.4. The van der Waals surface area contributed by atoms with Gasteiger partial charge < -0.3 is 15.2 Å². The number of benzene rings is 1. The summed E-state index contributed by atoms with van der Waals surface area (Å²) in [5.74, 6) is -1.55. The minimum absolute atomic E-state index is 0. The number of nitrogens with zero attached hydrogens (tertiary/aromatic N) is 2. The molecule has 0 aliphatic carbocycles. The van der Waals surface area contributed by atoms with Crippen molar-refractivity contribution in [3.8, 4) is 0 Å². The second-order valence-electron chi connectivity index (χ2n) is 4.88. The van der Waals surface area contributed by atoms with Crippen molar-refractivity contribution >= 4 is 28.1 Å². The molecule has 1 aromatic rings. The van der Waals surface area contributed by atoms with Crippen LogP contribution in [0, 0.1) is 0 Å². The molecular formula is C13H14N3NaO6S. The zero-order valence-corrected chi connectivity index (χ0v) is 15.9. The van der Waals surface area contributed by atoms with Crippen LogP contribution in [0.4, 0.5) is 9.59 Å². The number of hydrogen-bond donors (Lipinski definition) is 1. The summed E-state index contributed by atoms with van der Waals surface area (Å²) in [5, 5.41) is 13.4. The molecule has 1 aliphatic rings. The Labute approximate surface area is 161 Å². The molecule has 0 bridgehead atoms. The molecule has 1 saturated heterocycles. The number of rotatable bonds is 4. The molecule has 0 saturated carbocycles. The van der Waals surface area contributed by atoms with Gasteiger partial charge in [0.1, 0.15) is 0 Å². The van der Waals surface area contributed by atoms with Crippen LogP contribution in [0.3, 0.4) is 0 Å². The Bertz CT molecular complexity index is 739. The summed E-state index contributed by atoms with van der Waals surface area (Å²) >= 11 is 0. The fourth-order valence-corrected chi connectivity index (χ4v) is 2.93. The zero-order chi connectivity index (χ0) is 17.2. The zero-order valence-electron chi connectivity index (χ0n) is 13.1. The van der Waals surface area contributed by atoms with E-state index in [0.29, 0.717) is 9.21 Å². The number of carboxylic acids is 1. The van der Waals surface area contributed by atoms with E-state index in [9.17, 15) is 27.9 Å². The van der Waals surface area contributed by atoms with Crippen molar-refractivity contribution in [2.24, 2.45) is 0 Å². The van der Waals surface area contributed by atoms with Gasteiger partial charge in [0, 0.05) is 0 Å². The smallest absolute Gasteiger partial charge is 0.548 e. The quantitative estimate of drug-likeness (QED) is 0.542. The predicted molar refractivity (Wildman–Crippen MR) is 76.4 cm³/mol. The first-order valence-corrected chi connectivity index (χ1v) is 8.42. The molecule has 24 heavy (non-hydrogen) atoms. The number of amides is 4. The van der Waals surface area contributed by atoms with Crippen molar-refractivity contribution in [3.05, 3.63) is 35.9 Å². The van der Waals surface area contributed by atoms with E-state index in [-0.39, 0.29) is 48.2 Å². The maximum absolute atomic E-state index is 12.1. The molecule has 0 aromatic heterocycles. The number of aliphatic carboxylic acids is 1. The van der Waals surface area contributed by atoms with E-state index in [2.05, 4.69) is 5.32 Å². The summed E-state index contributed by atoms with van der Waals surface area (Å²) in [4.78, 5) is 35.9. The molecule has 1 heterocycles. The number of sulfonamides is 1. The van der Waals surface area contributed by atoms with Gasteiger partial charge >= 0.3 is 41.6 Å². The van der Waals surface area contributed by atoms with Crippen molar-refractivity contribution in [1.29, 1.82) is 0 Å².